The molecule has 8 nitrogen and oxygen atoms in total. The predicted molar refractivity (Wildman–Crippen MR) is 119 cm³/mol. The number of nitrogens with zero attached hydrogens (tertiary/aromatic N) is 2. The minimum Gasteiger partial charge on any atom is -0.392 e. The van der Waals surface area contributed by atoms with E-state index >= 15 is 0 Å². The molecule has 3 aromatic rings. The highest BCUT2D eigenvalue weighted by Gasteiger charge is 2.45. The molecule has 2 aromatic carbocycles. The lowest BCUT2D eigenvalue weighted by Crippen LogP contribution is -2.59. The van der Waals surface area contributed by atoms with Gasteiger partial charge in [0.25, 0.3) is 0 Å². The SMILES string of the molecule is CC(=O)C(CC(C)C)(NS(=O)(=O)c1ccccc1)n1nc(CCc2ccccc2)oc1=O. The van der Waals surface area contributed by atoms with Crippen molar-refractivity contribution in [2.45, 2.75) is 50.6 Å². The van der Waals surface area contributed by atoms with E-state index in [1.165, 1.54) is 19.1 Å². The van der Waals surface area contributed by atoms with E-state index in [0.29, 0.717) is 12.8 Å². The zero-order valence-corrected chi connectivity index (χ0v) is 19.1. The first-order valence-corrected chi connectivity index (χ1v) is 11.9. The van der Waals surface area contributed by atoms with Crippen molar-refractivity contribution in [3.05, 3.63) is 82.7 Å². The summed E-state index contributed by atoms with van der Waals surface area (Å²) < 4.78 is 34.8. The van der Waals surface area contributed by atoms with E-state index in [4.69, 9.17) is 4.42 Å². The summed E-state index contributed by atoms with van der Waals surface area (Å²) in [7, 11) is -4.13. The Bertz CT molecular complexity index is 1220. The Balaban J connectivity index is 2.01. The number of aromatic nitrogens is 2. The number of hydrogen-bond donors (Lipinski definition) is 1. The van der Waals surface area contributed by atoms with Crippen LogP contribution >= 0.6 is 0 Å². The summed E-state index contributed by atoms with van der Waals surface area (Å²) in [5, 5.41) is 4.24. The summed E-state index contributed by atoms with van der Waals surface area (Å²) in [5.41, 5.74) is -0.872. The molecule has 0 saturated heterocycles. The fourth-order valence-corrected chi connectivity index (χ4v) is 4.95. The highest BCUT2D eigenvalue weighted by molar-refractivity contribution is 7.89. The summed E-state index contributed by atoms with van der Waals surface area (Å²) in [4.78, 5) is 25.6. The summed E-state index contributed by atoms with van der Waals surface area (Å²) in [6.45, 7) is 4.90. The number of rotatable bonds is 10. The molecule has 32 heavy (non-hydrogen) atoms. The topological polar surface area (TPSA) is 111 Å². The van der Waals surface area contributed by atoms with Crippen LogP contribution < -0.4 is 10.5 Å². The maximum Gasteiger partial charge on any atom is 0.439 e. The number of ketones is 1. The van der Waals surface area contributed by atoms with Gasteiger partial charge in [-0.3, -0.25) is 4.79 Å². The van der Waals surface area contributed by atoms with E-state index in [9.17, 15) is 18.0 Å². The van der Waals surface area contributed by atoms with Gasteiger partial charge in [-0.15, -0.1) is 5.10 Å². The molecule has 3 rings (SSSR count). The van der Waals surface area contributed by atoms with E-state index in [2.05, 4.69) is 9.82 Å². The van der Waals surface area contributed by atoms with Crippen molar-refractivity contribution in [3.63, 3.8) is 0 Å². The van der Waals surface area contributed by atoms with Crippen molar-refractivity contribution in [2.24, 2.45) is 5.92 Å². The summed E-state index contributed by atoms with van der Waals surface area (Å²) >= 11 is 0. The molecule has 9 heteroatoms. The van der Waals surface area contributed by atoms with Gasteiger partial charge in [-0.05, 0) is 43.4 Å². The average molecular weight is 458 g/mol. The third-order valence-electron chi connectivity index (χ3n) is 5.06. The summed E-state index contributed by atoms with van der Waals surface area (Å²) in [5.74, 6) is -1.45. The fraction of sp³-hybridized carbons (Fsp3) is 0.348. The normalized spacial score (nSPS) is 13.8. The number of nitrogens with one attached hydrogen (secondary N) is 1. The number of carbonyl (C=O) groups excluding carboxylic acids is 1. The molecule has 1 atom stereocenters. The van der Waals surface area contributed by atoms with E-state index in [0.717, 1.165) is 10.2 Å². The van der Waals surface area contributed by atoms with Crippen LogP contribution in [0.15, 0.2) is 74.8 Å². The van der Waals surface area contributed by atoms with E-state index in [1.807, 2.05) is 44.2 Å². The van der Waals surface area contributed by atoms with Crippen LogP contribution in [0.3, 0.4) is 0 Å². The molecule has 1 unspecified atom stereocenters. The lowest BCUT2D eigenvalue weighted by atomic mass is 9.95. The molecule has 0 fully saturated rings. The van der Waals surface area contributed by atoms with Gasteiger partial charge in [-0.2, -0.15) is 9.40 Å². The zero-order chi connectivity index (χ0) is 23.4. The molecular weight excluding hydrogens is 430 g/mol. The first-order valence-electron chi connectivity index (χ1n) is 10.4. The van der Waals surface area contributed by atoms with Crippen molar-refractivity contribution in [1.82, 2.24) is 14.5 Å². The van der Waals surface area contributed by atoms with Gasteiger partial charge in [-0.25, -0.2) is 13.2 Å². The average Bonchev–Trinajstić information content (AvgIpc) is 3.13. The monoisotopic (exact) mass is 457 g/mol. The van der Waals surface area contributed by atoms with E-state index in [1.54, 1.807) is 18.2 Å². The Kier molecular flexibility index (Phi) is 7.10. The maximum atomic E-state index is 13.1. The molecule has 0 spiro atoms. The van der Waals surface area contributed by atoms with Crippen molar-refractivity contribution in [2.75, 3.05) is 0 Å². The standard InChI is InChI=1S/C23H27N3O5S/c1-17(2)16-23(18(3)27,25-32(29,30)20-12-8-5-9-13-20)26-22(28)31-21(24-26)15-14-19-10-6-4-7-11-19/h4-13,17,25H,14-16H2,1-3H3. The first-order chi connectivity index (χ1) is 15.1. The van der Waals surface area contributed by atoms with Gasteiger partial charge in [0.15, 0.2) is 11.4 Å². The number of Topliss-reactive ketones (excluding diaryl/α,β-unsaturated/α-hetero) is 1. The predicted octanol–water partition coefficient (Wildman–Crippen LogP) is 2.89. The van der Waals surface area contributed by atoms with Crippen LogP contribution in [0.2, 0.25) is 0 Å². The third-order valence-corrected chi connectivity index (χ3v) is 6.56. The molecule has 0 aliphatic rings. The van der Waals surface area contributed by atoms with Crippen molar-refractivity contribution in [1.29, 1.82) is 0 Å². The van der Waals surface area contributed by atoms with E-state index in [-0.39, 0.29) is 23.1 Å². The van der Waals surface area contributed by atoms with Crippen LogP contribution in [-0.4, -0.2) is 24.0 Å². The van der Waals surface area contributed by atoms with Crippen LogP contribution in [0, 0.1) is 5.92 Å². The second-order valence-electron chi connectivity index (χ2n) is 8.09. The first kappa shape index (κ1) is 23.6. The number of carbonyl (C=O) groups is 1. The largest absolute Gasteiger partial charge is 0.439 e. The molecule has 1 N–H and O–H groups in total. The van der Waals surface area contributed by atoms with Crippen LogP contribution in [0.25, 0.3) is 0 Å². The highest BCUT2D eigenvalue weighted by atomic mass is 32.2. The second kappa shape index (κ2) is 9.62. The molecule has 1 heterocycles. The Morgan fingerprint density at radius 1 is 1.06 bits per heavy atom. The summed E-state index contributed by atoms with van der Waals surface area (Å²) in [6, 6.07) is 17.3. The minimum atomic E-state index is -4.13. The Morgan fingerprint density at radius 2 is 1.66 bits per heavy atom. The molecule has 0 aliphatic carbocycles. The summed E-state index contributed by atoms with van der Waals surface area (Å²) in [6.07, 6.45) is 0.931. The molecule has 0 saturated carbocycles. The quantitative estimate of drug-likeness (QED) is 0.501. The number of benzene rings is 2. The van der Waals surface area contributed by atoms with Crippen LogP contribution in [-0.2, 0) is 33.3 Å². The van der Waals surface area contributed by atoms with Gasteiger partial charge in [-0.1, -0.05) is 62.4 Å². The van der Waals surface area contributed by atoms with Gasteiger partial charge >= 0.3 is 5.76 Å². The maximum absolute atomic E-state index is 13.1. The van der Waals surface area contributed by atoms with Crippen molar-refractivity contribution >= 4 is 15.8 Å². The van der Waals surface area contributed by atoms with Crippen LogP contribution in [0.1, 0.15) is 38.6 Å². The van der Waals surface area contributed by atoms with Gasteiger partial charge in [0.05, 0.1) is 4.90 Å². The molecular formula is C23H27N3O5S. The van der Waals surface area contributed by atoms with Crippen LogP contribution in [0.5, 0.6) is 0 Å². The third kappa shape index (κ3) is 5.23. The Morgan fingerprint density at radius 3 is 2.22 bits per heavy atom. The smallest absolute Gasteiger partial charge is 0.392 e. The van der Waals surface area contributed by atoms with Crippen molar-refractivity contribution in [3.8, 4) is 0 Å². The lowest BCUT2D eigenvalue weighted by Gasteiger charge is -2.32. The lowest BCUT2D eigenvalue weighted by molar-refractivity contribution is -0.128. The van der Waals surface area contributed by atoms with Gasteiger partial charge in [0, 0.05) is 6.42 Å². The Hall–Kier alpha value is -3.04. The molecule has 0 aliphatic heterocycles. The molecule has 0 radical (unpaired) electrons. The number of aryl methyl sites for hydroxylation is 2. The van der Waals surface area contributed by atoms with Crippen LogP contribution in [0.4, 0.5) is 0 Å². The minimum absolute atomic E-state index is 0.0183. The molecule has 0 amide bonds. The fourth-order valence-electron chi connectivity index (χ4n) is 3.56. The van der Waals surface area contributed by atoms with Crippen molar-refractivity contribution < 1.29 is 17.6 Å². The number of hydrogen-bond acceptors (Lipinski definition) is 6. The van der Waals surface area contributed by atoms with Gasteiger partial charge < -0.3 is 4.42 Å². The van der Waals surface area contributed by atoms with E-state index < -0.39 is 27.2 Å². The molecule has 0 bridgehead atoms. The van der Waals surface area contributed by atoms with Gasteiger partial charge in [0.1, 0.15) is 0 Å². The second-order valence-corrected chi connectivity index (χ2v) is 9.77. The Labute approximate surface area is 187 Å². The molecule has 170 valence electrons. The number of sulfonamides is 1. The highest BCUT2D eigenvalue weighted by Crippen LogP contribution is 2.26. The molecule has 1 aromatic heterocycles. The van der Waals surface area contributed by atoms with Gasteiger partial charge in [0.2, 0.25) is 15.9 Å². The zero-order valence-electron chi connectivity index (χ0n) is 18.3.